The molecule has 2 amide bonds. The Morgan fingerprint density at radius 1 is 1.00 bits per heavy atom. The Morgan fingerprint density at radius 2 is 1.81 bits per heavy atom. The van der Waals surface area contributed by atoms with Crippen LogP contribution in [0.3, 0.4) is 0 Å². The second-order valence-electron chi connectivity index (χ2n) is 8.93. The van der Waals surface area contributed by atoms with E-state index in [0.717, 1.165) is 50.4 Å². The number of nitrogens with zero attached hydrogens (tertiary/aromatic N) is 2. The van der Waals surface area contributed by atoms with E-state index in [9.17, 15) is 9.18 Å². The Morgan fingerprint density at radius 3 is 2.57 bits per heavy atom. The monoisotopic (exact) mass is 507 g/mol. The maximum Gasteiger partial charge on any atom is 0.322 e. The Labute approximate surface area is 217 Å². The van der Waals surface area contributed by atoms with Crippen LogP contribution in [0.1, 0.15) is 17.5 Å². The molecule has 1 N–H and O–H groups in total. The molecule has 0 saturated carbocycles. The molecule has 1 aliphatic rings. The zero-order valence-electron chi connectivity index (χ0n) is 21.2. The van der Waals surface area contributed by atoms with E-state index in [-0.39, 0.29) is 6.03 Å². The molecule has 196 valence electrons. The predicted octanol–water partition coefficient (Wildman–Crippen LogP) is 5.17. The lowest BCUT2D eigenvalue weighted by Gasteiger charge is -2.28. The molecule has 0 radical (unpaired) electrons. The molecule has 1 fully saturated rings. The number of hydrogen-bond donors (Lipinski definition) is 1. The van der Waals surface area contributed by atoms with Crippen molar-refractivity contribution in [2.75, 3.05) is 51.8 Å². The van der Waals surface area contributed by atoms with Gasteiger partial charge in [-0.25, -0.2) is 9.18 Å². The number of urea groups is 1. The van der Waals surface area contributed by atoms with E-state index in [0.29, 0.717) is 36.9 Å². The number of ether oxygens (including phenoxy) is 3. The van der Waals surface area contributed by atoms with Gasteiger partial charge < -0.3 is 24.4 Å². The summed E-state index contributed by atoms with van der Waals surface area (Å²) < 4.78 is 30.6. The molecule has 8 heteroatoms. The topological polar surface area (TPSA) is 63.3 Å². The molecule has 0 atom stereocenters. The maximum absolute atomic E-state index is 13.7. The fourth-order valence-corrected chi connectivity index (χ4v) is 4.22. The van der Waals surface area contributed by atoms with Gasteiger partial charge in [0.1, 0.15) is 12.4 Å². The van der Waals surface area contributed by atoms with Crippen LogP contribution in [0.2, 0.25) is 0 Å². The van der Waals surface area contributed by atoms with Gasteiger partial charge in [0.2, 0.25) is 0 Å². The number of carbonyl (C=O) groups excluding carboxylic acids is 1. The van der Waals surface area contributed by atoms with Crippen LogP contribution >= 0.6 is 0 Å². The number of halogens is 1. The molecular weight excluding hydrogens is 473 g/mol. The smallest absolute Gasteiger partial charge is 0.322 e. The highest BCUT2D eigenvalue weighted by Gasteiger charge is 2.17. The average Bonchev–Trinajstić information content (AvgIpc) is 2.93. The molecule has 0 aromatic heterocycles. The van der Waals surface area contributed by atoms with Gasteiger partial charge in [-0.15, -0.1) is 0 Å². The van der Waals surface area contributed by atoms with Crippen molar-refractivity contribution in [2.24, 2.45) is 0 Å². The summed E-state index contributed by atoms with van der Waals surface area (Å²) in [6.07, 6.45) is 0.811. The van der Waals surface area contributed by atoms with Crippen molar-refractivity contribution >= 4 is 11.7 Å². The number of carbonyl (C=O) groups is 1. The van der Waals surface area contributed by atoms with Crippen molar-refractivity contribution in [2.45, 2.75) is 19.6 Å². The third kappa shape index (κ3) is 8.20. The normalized spacial score (nSPS) is 13.7. The van der Waals surface area contributed by atoms with E-state index >= 15 is 0 Å². The molecule has 0 unspecified atom stereocenters. The summed E-state index contributed by atoms with van der Waals surface area (Å²) in [5, 5.41) is 2.83. The Hall–Kier alpha value is -3.62. The molecule has 0 bridgehead atoms. The molecule has 1 aliphatic heterocycles. The summed E-state index contributed by atoms with van der Waals surface area (Å²) in [7, 11) is 1.60. The first-order valence-corrected chi connectivity index (χ1v) is 12.6. The lowest BCUT2D eigenvalue weighted by molar-refractivity contribution is 0.0365. The van der Waals surface area contributed by atoms with Gasteiger partial charge in [0.25, 0.3) is 0 Å². The number of morpholine rings is 1. The number of hydrogen-bond acceptors (Lipinski definition) is 5. The maximum atomic E-state index is 13.7. The molecule has 37 heavy (non-hydrogen) atoms. The molecule has 0 spiro atoms. The molecule has 1 saturated heterocycles. The highest BCUT2D eigenvalue weighted by atomic mass is 19.1. The average molecular weight is 508 g/mol. The van der Waals surface area contributed by atoms with Crippen LogP contribution in [0.5, 0.6) is 11.5 Å². The largest absolute Gasteiger partial charge is 0.493 e. The molecule has 1 heterocycles. The second kappa shape index (κ2) is 13.6. The van der Waals surface area contributed by atoms with Crippen LogP contribution in [0.25, 0.3) is 0 Å². The number of benzene rings is 3. The van der Waals surface area contributed by atoms with Crippen molar-refractivity contribution in [3.05, 3.63) is 89.7 Å². The van der Waals surface area contributed by atoms with Crippen molar-refractivity contribution in [3.8, 4) is 11.5 Å². The minimum atomic E-state index is -0.396. The number of rotatable bonds is 11. The lowest BCUT2D eigenvalue weighted by Crippen LogP contribution is -2.40. The molecule has 4 rings (SSSR count). The number of amides is 2. The van der Waals surface area contributed by atoms with Crippen molar-refractivity contribution in [1.29, 1.82) is 0 Å². The predicted molar refractivity (Wildman–Crippen MR) is 141 cm³/mol. The third-order valence-corrected chi connectivity index (χ3v) is 6.21. The van der Waals surface area contributed by atoms with E-state index in [1.165, 1.54) is 12.1 Å². The van der Waals surface area contributed by atoms with E-state index in [1.807, 2.05) is 48.5 Å². The number of methoxy groups -OCH3 is 1. The minimum absolute atomic E-state index is 0.282. The van der Waals surface area contributed by atoms with Crippen LogP contribution in [-0.2, 0) is 17.9 Å². The van der Waals surface area contributed by atoms with Crippen molar-refractivity contribution in [3.63, 3.8) is 0 Å². The highest BCUT2D eigenvalue weighted by Crippen LogP contribution is 2.29. The van der Waals surface area contributed by atoms with E-state index < -0.39 is 5.82 Å². The summed E-state index contributed by atoms with van der Waals surface area (Å²) in [4.78, 5) is 17.3. The molecule has 0 aliphatic carbocycles. The summed E-state index contributed by atoms with van der Waals surface area (Å²) in [6, 6.07) is 21.3. The van der Waals surface area contributed by atoms with Gasteiger partial charge in [-0.2, -0.15) is 0 Å². The van der Waals surface area contributed by atoms with Gasteiger partial charge in [0, 0.05) is 38.4 Å². The zero-order chi connectivity index (χ0) is 25.9. The zero-order valence-corrected chi connectivity index (χ0v) is 21.2. The molecule has 3 aromatic carbocycles. The van der Waals surface area contributed by atoms with Gasteiger partial charge in [-0.1, -0.05) is 42.5 Å². The third-order valence-electron chi connectivity index (χ3n) is 6.21. The summed E-state index contributed by atoms with van der Waals surface area (Å²) in [6.45, 7) is 5.51. The summed E-state index contributed by atoms with van der Waals surface area (Å²) >= 11 is 0. The summed E-state index contributed by atoms with van der Waals surface area (Å²) in [5.41, 5.74) is 2.39. The standard InChI is InChI=1S/C29H34FN3O4/c1-35-28-19-24(11-12-27(28)37-22-23-7-3-2-4-8-23)21-33(14-6-13-32-15-17-36-18-16-32)29(34)31-26-10-5-9-25(30)20-26/h2-5,7-12,19-20H,6,13-18,21-22H2,1H3,(H,31,34). The van der Waals surface area contributed by atoms with E-state index in [4.69, 9.17) is 14.2 Å². The number of nitrogens with one attached hydrogen (secondary N) is 1. The molecular formula is C29H34FN3O4. The first-order valence-electron chi connectivity index (χ1n) is 12.6. The Balaban J connectivity index is 1.43. The Bertz CT molecular complexity index is 1140. The van der Waals surface area contributed by atoms with Crippen LogP contribution in [0.4, 0.5) is 14.9 Å². The van der Waals surface area contributed by atoms with Gasteiger partial charge in [-0.3, -0.25) is 4.90 Å². The quantitative estimate of drug-likeness (QED) is 0.388. The number of anilines is 1. The van der Waals surface area contributed by atoms with E-state index in [2.05, 4.69) is 10.2 Å². The second-order valence-corrected chi connectivity index (χ2v) is 8.93. The van der Waals surface area contributed by atoms with E-state index in [1.54, 1.807) is 24.1 Å². The van der Waals surface area contributed by atoms with Crippen LogP contribution in [0, 0.1) is 5.82 Å². The first kappa shape index (κ1) is 26.4. The van der Waals surface area contributed by atoms with Crippen molar-refractivity contribution < 1.29 is 23.4 Å². The van der Waals surface area contributed by atoms with Gasteiger partial charge >= 0.3 is 6.03 Å². The molecule has 3 aromatic rings. The minimum Gasteiger partial charge on any atom is -0.493 e. The van der Waals surface area contributed by atoms with Gasteiger partial charge in [0.05, 0.1) is 20.3 Å². The fraction of sp³-hybridized carbons (Fsp3) is 0.345. The molecule has 7 nitrogen and oxygen atoms in total. The fourth-order valence-electron chi connectivity index (χ4n) is 4.22. The van der Waals surface area contributed by atoms with Crippen molar-refractivity contribution in [1.82, 2.24) is 9.80 Å². The van der Waals surface area contributed by atoms with Crippen LogP contribution < -0.4 is 14.8 Å². The SMILES string of the molecule is COc1cc(CN(CCCN2CCOCC2)C(=O)Nc2cccc(F)c2)ccc1OCc1ccccc1. The van der Waals surface area contributed by atoms with Gasteiger partial charge in [-0.05, 0) is 47.9 Å². The Kier molecular flexibility index (Phi) is 9.74. The highest BCUT2D eigenvalue weighted by molar-refractivity contribution is 5.89. The van der Waals surface area contributed by atoms with Crippen LogP contribution in [0.15, 0.2) is 72.8 Å². The first-order chi connectivity index (χ1) is 18.1. The van der Waals surface area contributed by atoms with Crippen LogP contribution in [-0.4, -0.2) is 62.3 Å². The van der Waals surface area contributed by atoms with Gasteiger partial charge in [0.15, 0.2) is 11.5 Å². The lowest BCUT2D eigenvalue weighted by atomic mass is 10.1. The summed E-state index contributed by atoms with van der Waals surface area (Å²) in [5.74, 6) is 0.845.